The molecule has 1 heterocycles. The molecule has 0 radical (unpaired) electrons. The standard InChI is InChI=1S/C21H20N2O5S/c1-3-27-16-9-7-14(8-10-16)21-23-18(13-29-21)20(25)22-15-5-4-6-17(11-15)28-12-19(24)26-2/h4-11,13H,3,12H2,1-2H3,(H,22,25). The van der Waals surface area contributed by atoms with Crippen LogP contribution in [0.4, 0.5) is 5.69 Å². The van der Waals surface area contributed by atoms with Gasteiger partial charge in [0.1, 0.15) is 22.2 Å². The van der Waals surface area contributed by atoms with E-state index in [4.69, 9.17) is 9.47 Å². The summed E-state index contributed by atoms with van der Waals surface area (Å²) < 4.78 is 15.3. The van der Waals surface area contributed by atoms with Gasteiger partial charge in [0.15, 0.2) is 6.61 Å². The third-order valence-corrected chi connectivity index (χ3v) is 4.72. The Balaban J connectivity index is 1.65. The number of hydrogen-bond acceptors (Lipinski definition) is 7. The van der Waals surface area contributed by atoms with Crippen molar-refractivity contribution in [1.82, 2.24) is 4.98 Å². The second-order valence-electron chi connectivity index (χ2n) is 5.84. The monoisotopic (exact) mass is 412 g/mol. The first-order valence-electron chi connectivity index (χ1n) is 8.89. The van der Waals surface area contributed by atoms with Gasteiger partial charge in [0.25, 0.3) is 5.91 Å². The number of anilines is 1. The van der Waals surface area contributed by atoms with Crippen molar-refractivity contribution in [2.24, 2.45) is 0 Å². The number of nitrogens with one attached hydrogen (secondary N) is 1. The van der Waals surface area contributed by atoms with Crippen molar-refractivity contribution < 1.29 is 23.8 Å². The number of esters is 1. The lowest BCUT2D eigenvalue weighted by Gasteiger charge is -2.07. The molecule has 0 fully saturated rings. The Bertz CT molecular complexity index is 985. The van der Waals surface area contributed by atoms with Crippen LogP contribution in [0.15, 0.2) is 53.9 Å². The van der Waals surface area contributed by atoms with Gasteiger partial charge in [-0.1, -0.05) is 6.07 Å². The molecule has 0 saturated heterocycles. The maximum Gasteiger partial charge on any atom is 0.343 e. The molecule has 7 nitrogen and oxygen atoms in total. The molecule has 1 N–H and O–H groups in total. The van der Waals surface area contributed by atoms with Crippen LogP contribution in [-0.2, 0) is 9.53 Å². The van der Waals surface area contributed by atoms with Crippen molar-refractivity contribution >= 4 is 28.9 Å². The molecule has 1 aromatic heterocycles. The zero-order chi connectivity index (χ0) is 20.6. The molecule has 0 aliphatic rings. The van der Waals surface area contributed by atoms with Gasteiger partial charge in [-0.05, 0) is 43.3 Å². The Morgan fingerprint density at radius 3 is 2.59 bits per heavy atom. The molecule has 0 aliphatic heterocycles. The summed E-state index contributed by atoms with van der Waals surface area (Å²) in [6.07, 6.45) is 0. The number of ether oxygens (including phenoxy) is 3. The first kappa shape index (κ1) is 20.3. The number of thiazole rings is 1. The molecule has 2 aromatic carbocycles. The molecule has 0 saturated carbocycles. The fourth-order valence-electron chi connectivity index (χ4n) is 2.43. The Kier molecular flexibility index (Phi) is 6.80. The van der Waals surface area contributed by atoms with Crippen LogP contribution in [-0.4, -0.2) is 37.2 Å². The van der Waals surface area contributed by atoms with Gasteiger partial charge in [0, 0.05) is 22.7 Å². The number of amides is 1. The number of benzene rings is 2. The maximum atomic E-state index is 12.5. The van der Waals surface area contributed by atoms with Gasteiger partial charge < -0.3 is 19.5 Å². The third kappa shape index (κ3) is 5.55. The molecule has 8 heteroatoms. The van der Waals surface area contributed by atoms with Crippen LogP contribution in [0.1, 0.15) is 17.4 Å². The van der Waals surface area contributed by atoms with Crippen LogP contribution in [0.3, 0.4) is 0 Å². The quantitative estimate of drug-likeness (QED) is 0.563. The minimum Gasteiger partial charge on any atom is -0.494 e. The molecule has 3 rings (SSSR count). The number of carbonyl (C=O) groups excluding carboxylic acids is 2. The summed E-state index contributed by atoms with van der Waals surface area (Å²) in [6, 6.07) is 14.3. The average molecular weight is 412 g/mol. The Morgan fingerprint density at radius 2 is 1.86 bits per heavy atom. The van der Waals surface area contributed by atoms with Crippen LogP contribution in [0.25, 0.3) is 10.6 Å². The van der Waals surface area contributed by atoms with Crippen LogP contribution in [0.5, 0.6) is 11.5 Å². The Labute approximate surface area is 172 Å². The first-order chi connectivity index (χ1) is 14.1. The predicted molar refractivity (Wildman–Crippen MR) is 111 cm³/mol. The predicted octanol–water partition coefficient (Wildman–Crippen LogP) is 4.01. The van der Waals surface area contributed by atoms with Crippen LogP contribution < -0.4 is 14.8 Å². The van der Waals surface area contributed by atoms with Gasteiger partial charge >= 0.3 is 5.97 Å². The summed E-state index contributed by atoms with van der Waals surface area (Å²) in [7, 11) is 1.29. The number of hydrogen-bond donors (Lipinski definition) is 1. The second kappa shape index (κ2) is 9.70. The minimum atomic E-state index is -0.483. The van der Waals surface area contributed by atoms with E-state index in [1.807, 2.05) is 31.2 Å². The summed E-state index contributed by atoms with van der Waals surface area (Å²) in [6.45, 7) is 2.34. The van der Waals surface area contributed by atoms with Crippen LogP contribution >= 0.6 is 11.3 Å². The van der Waals surface area contributed by atoms with Crippen LogP contribution in [0, 0.1) is 0 Å². The molecule has 0 atom stereocenters. The van der Waals surface area contributed by atoms with E-state index in [2.05, 4.69) is 15.0 Å². The van der Waals surface area contributed by atoms with Gasteiger partial charge in [-0.25, -0.2) is 9.78 Å². The fourth-order valence-corrected chi connectivity index (χ4v) is 3.24. The summed E-state index contributed by atoms with van der Waals surface area (Å²) in [4.78, 5) is 28.1. The summed E-state index contributed by atoms with van der Waals surface area (Å²) in [5.74, 6) is 0.425. The van der Waals surface area contributed by atoms with Crippen molar-refractivity contribution in [2.75, 3.05) is 25.6 Å². The van der Waals surface area contributed by atoms with Gasteiger partial charge in [-0.3, -0.25) is 4.79 Å². The van der Waals surface area contributed by atoms with E-state index in [-0.39, 0.29) is 12.5 Å². The maximum absolute atomic E-state index is 12.5. The lowest BCUT2D eigenvalue weighted by atomic mass is 10.2. The largest absolute Gasteiger partial charge is 0.494 e. The second-order valence-corrected chi connectivity index (χ2v) is 6.70. The first-order valence-corrected chi connectivity index (χ1v) is 9.76. The summed E-state index contributed by atoms with van der Waals surface area (Å²) in [5, 5.41) is 5.23. The van der Waals surface area contributed by atoms with E-state index in [0.717, 1.165) is 16.3 Å². The van der Waals surface area contributed by atoms with Crippen molar-refractivity contribution in [3.05, 3.63) is 59.6 Å². The van der Waals surface area contributed by atoms with Crippen molar-refractivity contribution in [2.45, 2.75) is 6.92 Å². The molecule has 150 valence electrons. The highest BCUT2D eigenvalue weighted by molar-refractivity contribution is 7.13. The number of rotatable bonds is 8. The molecule has 0 bridgehead atoms. The summed E-state index contributed by atoms with van der Waals surface area (Å²) in [5.41, 5.74) is 1.77. The van der Waals surface area contributed by atoms with E-state index >= 15 is 0 Å². The smallest absolute Gasteiger partial charge is 0.343 e. The molecule has 0 aliphatic carbocycles. The number of aromatic nitrogens is 1. The molecule has 1 amide bonds. The Hall–Kier alpha value is -3.39. The third-order valence-electron chi connectivity index (χ3n) is 3.83. The number of carbonyl (C=O) groups is 2. The fraction of sp³-hybridized carbons (Fsp3) is 0.190. The molecular weight excluding hydrogens is 392 g/mol. The average Bonchev–Trinajstić information content (AvgIpc) is 3.23. The van der Waals surface area contributed by atoms with E-state index in [0.29, 0.717) is 23.7 Å². The normalized spacial score (nSPS) is 10.3. The lowest BCUT2D eigenvalue weighted by molar-refractivity contribution is -0.142. The van der Waals surface area contributed by atoms with Crippen LogP contribution in [0.2, 0.25) is 0 Å². The van der Waals surface area contributed by atoms with Crippen molar-refractivity contribution in [3.63, 3.8) is 0 Å². The molecule has 0 spiro atoms. The van der Waals surface area contributed by atoms with Crippen molar-refractivity contribution in [3.8, 4) is 22.1 Å². The van der Waals surface area contributed by atoms with E-state index in [1.165, 1.54) is 18.4 Å². The molecular formula is C21H20N2O5S. The highest BCUT2D eigenvalue weighted by Crippen LogP contribution is 2.26. The van der Waals surface area contributed by atoms with Gasteiger partial charge in [0.05, 0.1) is 13.7 Å². The summed E-state index contributed by atoms with van der Waals surface area (Å²) >= 11 is 1.39. The van der Waals surface area contributed by atoms with E-state index in [9.17, 15) is 9.59 Å². The number of methoxy groups -OCH3 is 1. The molecule has 29 heavy (non-hydrogen) atoms. The lowest BCUT2D eigenvalue weighted by Crippen LogP contribution is -2.14. The topological polar surface area (TPSA) is 86.8 Å². The zero-order valence-corrected chi connectivity index (χ0v) is 16.8. The van der Waals surface area contributed by atoms with Gasteiger partial charge in [0.2, 0.25) is 0 Å². The highest BCUT2D eigenvalue weighted by atomic mass is 32.1. The van der Waals surface area contributed by atoms with Gasteiger partial charge in [-0.2, -0.15) is 0 Å². The van der Waals surface area contributed by atoms with Crippen molar-refractivity contribution in [1.29, 1.82) is 0 Å². The van der Waals surface area contributed by atoms with E-state index < -0.39 is 5.97 Å². The minimum absolute atomic E-state index is 0.203. The zero-order valence-electron chi connectivity index (χ0n) is 16.0. The van der Waals surface area contributed by atoms with Gasteiger partial charge in [-0.15, -0.1) is 11.3 Å². The number of nitrogens with zero attached hydrogens (tertiary/aromatic N) is 1. The molecule has 0 unspecified atom stereocenters. The SMILES string of the molecule is CCOc1ccc(-c2nc(C(=O)Nc3cccc(OCC(=O)OC)c3)cs2)cc1. The Morgan fingerprint density at radius 1 is 1.07 bits per heavy atom. The highest BCUT2D eigenvalue weighted by Gasteiger charge is 2.13. The molecule has 3 aromatic rings. The van der Waals surface area contributed by atoms with E-state index in [1.54, 1.807) is 29.6 Å².